The van der Waals surface area contributed by atoms with E-state index in [1.54, 1.807) is 23.5 Å². The summed E-state index contributed by atoms with van der Waals surface area (Å²) in [5, 5.41) is 5.29. The first-order chi connectivity index (χ1) is 7.25. The molecule has 0 unspecified atom stereocenters. The summed E-state index contributed by atoms with van der Waals surface area (Å²) in [6.07, 6.45) is 0. The highest BCUT2D eigenvalue weighted by Gasteiger charge is 2.00. The first kappa shape index (κ1) is 10.5. The molecular formula is C11H9ClFNS. The van der Waals surface area contributed by atoms with Crippen LogP contribution in [0.25, 0.3) is 0 Å². The highest BCUT2D eigenvalue weighted by molar-refractivity contribution is 7.09. The molecule has 0 saturated carbocycles. The van der Waals surface area contributed by atoms with Gasteiger partial charge in [-0.05, 0) is 29.6 Å². The summed E-state index contributed by atoms with van der Waals surface area (Å²) in [4.78, 5) is 1.21. The zero-order valence-corrected chi connectivity index (χ0v) is 9.41. The van der Waals surface area contributed by atoms with Crippen LogP contribution >= 0.6 is 22.9 Å². The summed E-state index contributed by atoms with van der Waals surface area (Å²) in [5.41, 5.74) is 0.741. The van der Waals surface area contributed by atoms with Crippen molar-refractivity contribution in [3.05, 3.63) is 51.4 Å². The van der Waals surface area contributed by atoms with Gasteiger partial charge in [0.1, 0.15) is 5.82 Å². The first-order valence-corrected chi connectivity index (χ1v) is 5.73. The van der Waals surface area contributed by atoms with E-state index in [4.69, 9.17) is 11.6 Å². The topological polar surface area (TPSA) is 12.0 Å². The second kappa shape index (κ2) is 4.64. The van der Waals surface area contributed by atoms with Crippen LogP contribution in [0, 0.1) is 5.82 Å². The number of benzene rings is 1. The molecule has 1 aromatic carbocycles. The quantitative estimate of drug-likeness (QED) is 0.851. The SMILES string of the molecule is Fc1cc(NCc2cccs2)ccc1Cl. The summed E-state index contributed by atoms with van der Waals surface area (Å²) < 4.78 is 13.1. The molecule has 2 aromatic rings. The van der Waals surface area contributed by atoms with Crippen LogP contribution in [-0.2, 0) is 6.54 Å². The fraction of sp³-hybridized carbons (Fsp3) is 0.0909. The highest BCUT2D eigenvalue weighted by Crippen LogP contribution is 2.19. The van der Waals surface area contributed by atoms with Crippen LogP contribution in [-0.4, -0.2) is 0 Å². The average molecular weight is 242 g/mol. The fourth-order valence-electron chi connectivity index (χ4n) is 1.21. The van der Waals surface area contributed by atoms with Gasteiger partial charge >= 0.3 is 0 Å². The molecule has 0 saturated heterocycles. The summed E-state index contributed by atoms with van der Waals surface area (Å²) >= 11 is 7.25. The lowest BCUT2D eigenvalue weighted by Gasteiger charge is -2.05. The van der Waals surface area contributed by atoms with Gasteiger partial charge in [0, 0.05) is 17.1 Å². The van der Waals surface area contributed by atoms with Gasteiger partial charge in [0.15, 0.2) is 0 Å². The van der Waals surface area contributed by atoms with Crippen molar-refractivity contribution in [3.63, 3.8) is 0 Å². The Labute approximate surface area is 96.5 Å². The number of anilines is 1. The fourth-order valence-corrected chi connectivity index (χ4v) is 1.97. The van der Waals surface area contributed by atoms with Crippen molar-refractivity contribution in [1.29, 1.82) is 0 Å². The minimum Gasteiger partial charge on any atom is -0.380 e. The van der Waals surface area contributed by atoms with Gasteiger partial charge in [0.05, 0.1) is 5.02 Å². The van der Waals surface area contributed by atoms with E-state index in [2.05, 4.69) is 5.32 Å². The summed E-state index contributed by atoms with van der Waals surface area (Å²) in [6.45, 7) is 0.707. The molecule has 0 aliphatic heterocycles. The number of halogens is 2. The van der Waals surface area contributed by atoms with E-state index in [1.165, 1.54) is 10.9 Å². The molecule has 1 heterocycles. The third-order valence-electron chi connectivity index (χ3n) is 1.97. The van der Waals surface area contributed by atoms with Crippen LogP contribution < -0.4 is 5.32 Å². The monoisotopic (exact) mass is 241 g/mol. The van der Waals surface area contributed by atoms with Gasteiger partial charge in [-0.25, -0.2) is 4.39 Å². The molecule has 0 spiro atoms. The molecule has 15 heavy (non-hydrogen) atoms. The van der Waals surface area contributed by atoms with E-state index >= 15 is 0 Å². The third kappa shape index (κ3) is 2.70. The van der Waals surface area contributed by atoms with Crippen molar-refractivity contribution < 1.29 is 4.39 Å². The normalized spacial score (nSPS) is 10.3. The Morgan fingerprint density at radius 3 is 2.87 bits per heavy atom. The van der Waals surface area contributed by atoms with E-state index < -0.39 is 5.82 Å². The maximum Gasteiger partial charge on any atom is 0.143 e. The molecule has 0 fully saturated rings. The molecule has 0 bridgehead atoms. The van der Waals surface area contributed by atoms with Gasteiger partial charge in [-0.15, -0.1) is 11.3 Å². The molecule has 0 radical (unpaired) electrons. The molecule has 1 nitrogen and oxygen atoms in total. The van der Waals surface area contributed by atoms with Crippen molar-refractivity contribution in [2.45, 2.75) is 6.54 Å². The van der Waals surface area contributed by atoms with Gasteiger partial charge < -0.3 is 5.32 Å². The Balaban J connectivity index is 2.02. The smallest absolute Gasteiger partial charge is 0.143 e. The number of hydrogen-bond donors (Lipinski definition) is 1. The van der Waals surface area contributed by atoms with Gasteiger partial charge in [-0.1, -0.05) is 17.7 Å². The largest absolute Gasteiger partial charge is 0.380 e. The van der Waals surface area contributed by atoms with Gasteiger partial charge in [0.2, 0.25) is 0 Å². The van der Waals surface area contributed by atoms with Crippen molar-refractivity contribution in [2.75, 3.05) is 5.32 Å². The predicted octanol–water partition coefficient (Wildman–Crippen LogP) is 4.15. The maximum absolute atomic E-state index is 13.1. The molecule has 0 aliphatic rings. The molecule has 4 heteroatoms. The number of thiophene rings is 1. The molecular weight excluding hydrogens is 233 g/mol. The molecule has 0 amide bonds. The van der Waals surface area contributed by atoms with Crippen molar-refractivity contribution in [1.82, 2.24) is 0 Å². The zero-order valence-electron chi connectivity index (χ0n) is 7.84. The van der Waals surface area contributed by atoms with Crippen molar-refractivity contribution in [3.8, 4) is 0 Å². The molecule has 1 aromatic heterocycles. The van der Waals surface area contributed by atoms with Crippen LogP contribution in [0.3, 0.4) is 0 Å². The van der Waals surface area contributed by atoms with Crippen molar-refractivity contribution in [2.24, 2.45) is 0 Å². The Bertz CT molecular complexity index is 442. The second-order valence-electron chi connectivity index (χ2n) is 3.06. The molecule has 0 atom stereocenters. The summed E-state index contributed by atoms with van der Waals surface area (Å²) in [6, 6.07) is 8.73. The van der Waals surface area contributed by atoms with E-state index in [-0.39, 0.29) is 5.02 Å². The van der Waals surface area contributed by atoms with Gasteiger partial charge in [0.25, 0.3) is 0 Å². The van der Waals surface area contributed by atoms with E-state index in [0.29, 0.717) is 6.54 Å². The molecule has 0 aliphatic carbocycles. The minimum absolute atomic E-state index is 0.150. The van der Waals surface area contributed by atoms with Crippen LogP contribution in [0.4, 0.5) is 10.1 Å². The first-order valence-electron chi connectivity index (χ1n) is 4.47. The lowest BCUT2D eigenvalue weighted by molar-refractivity contribution is 0.628. The van der Waals surface area contributed by atoms with E-state index in [1.807, 2.05) is 17.5 Å². The number of nitrogens with one attached hydrogen (secondary N) is 1. The zero-order chi connectivity index (χ0) is 10.7. The standard InChI is InChI=1S/C11H9ClFNS/c12-10-4-3-8(6-11(10)13)14-7-9-2-1-5-15-9/h1-6,14H,7H2. The Morgan fingerprint density at radius 2 is 2.20 bits per heavy atom. The third-order valence-corrected chi connectivity index (χ3v) is 3.15. The minimum atomic E-state index is -0.396. The van der Waals surface area contributed by atoms with Crippen LogP contribution in [0.15, 0.2) is 35.7 Å². The van der Waals surface area contributed by atoms with Gasteiger partial charge in [-0.2, -0.15) is 0 Å². The summed E-state index contributed by atoms with van der Waals surface area (Å²) in [7, 11) is 0. The highest BCUT2D eigenvalue weighted by atomic mass is 35.5. The second-order valence-corrected chi connectivity index (χ2v) is 4.50. The van der Waals surface area contributed by atoms with Crippen molar-refractivity contribution >= 4 is 28.6 Å². The van der Waals surface area contributed by atoms with Crippen LogP contribution in [0.1, 0.15) is 4.88 Å². The lowest BCUT2D eigenvalue weighted by atomic mass is 10.3. The van der Waals surface area contributed by atoms with Gasteiger partial charge in [-0.3, -0.25) is 0 Å². The summed E-state index contributed by atoms with van der Waals surface area (Å²) in [5.74, 6) is -0.396. The average Bonchev–Trinajstić information content (AvgIpc) is 2.73. The maximum atomic E-state index is 13.1. The molecule has 78 valence electrons. The Kier molecular flexibility index (Phi) is 3.23. The molecule has 2 rings (SSSR count). The Morgan fingerprint density at radius 1 is 1.33 bits per heavy atom. The molecule has 1 N–H and O–H groups in total. The van der Waals surface area contributed by atoms with E-state index in [9.17, 15) is 4.39 Å². The number of rotatable bonds is 3. The van der Waals surface area contributed by atoms with E-state index in [0.717, 1.165) is 5.69 Å². The lowest BCUT2D eigenvalue weighted by Crippen LogP contribution is -1.97. The number of hydrogen-bond acceptors (Lipinski definition) is 2. The predicted molar refractivity (Wildman–Crippen MR) is 63.1 cm³/mol. The Hall–Kier alpha value is -1.06. The van der Waals surface area contributed by atoms with Crippen LogP contribution in [0.5, 0.6) is 0 Å². The van der Waals surface area contributed by atoms with Crippen LogP contribution in [0.2, 0.25) is 5.02 Å².